The number of nitrogens with one attached hydrogen (secondary N) is 1. The summed E-state index contributed by atoms with van der Waals surface area (Å²) in [6.45, 7) is 2.24. The van der Waals surface area contributed by atoms with Crippen molar-refractivity contribution in [1.82, 2.24) is 4.98 Å². The van der Waals surface area contributed by atoms with Crippen molar-refractivity contribution in [2.75, 3.05) is 36.0 Å². The topological polar surface area (TPSA) is 80.5 Å². The van der Waals surface area contributed by atoms with Crippen LogP contribution in [0.4, 0.5) is 17.2 Å². The first-order valence-corrected chi connectivity index (χ1v) is 5.44. The number of nitro groups is 1. The summed E-state index contributed by atoms with van der Waals surface area (Å²) in [5, 5.41) is 11.1. The van der Waals surface area contributed by atoms with Gasteiger partial charge in [0.15, 0.2) is 0 Å². The van der Waals surface area contributed by atoms with Gasteiger partial charge >= 0.3 is 5.69 Å². The fourth-order valence-electron chi connectivity index (χ4n) is 1.71. The van der Waals surface area contributed by atoms with E-state index in [1.54, 1.807) is 0 Å². The number of morpholine rings is 1. The van der Waals surface area contributed by atoms with Crippen LogP contribution in [0.15, 0.2) is 12.3 Å². The second-order valence-corrected chi connectivity index (χ2v) is 3.67. The predicted molar refractivity (Wildman–Crippen MR) is 63.4 cm³/mol. The average Bonchev–Trinajstić information content (AvgIpc) is 2.38. The molecule has 2 rings (SSSR count). The molecule has 1 fully saturated rings. The maximum Gasteiger partial charge on any atom is 0.335 e. The van der Waals surface area contributed by atoms with E-state index in [1.165, 1.54) is 12.3 Å². The van der Waals surface area contributed by atoms with Gasteiger partial charge in [-0.3, -0.25) is 15.0 Å². The second kappa shape index (κ2) is 5.15. The van der Waals surface area contributed by atoms with Gasteiger partial charge in [-0.05, 0) is 6.07 Å². The third kappa shape index (κ3) is 2.40. The maximum absolute atomic E-state index is 11.1. The summed E-state index contributed by atoms with van der Waals surface area (Å²) in [6.07, 6.45) is 1.49. The molecule has 1 N–H and O–H groups in total. The largest absolute Gasteiger partial charge is 0.378 e. The van der Waals surface area contributed by atoms with E-state index in [4.69, 9.17) is 16.5 Å². The summed E-state index contributed by atoms with van der Waals surface area (Å²) in [4.78, 5) is 18.7. The first-order valence-electron chi connectivity index (χ1n) is 5.06. The van der Waals surface area contributed by atoms with Gasteiger partial charge in [-0.1, -0.05) is 0 Å². The molecule has 1 aliphatic rings. The SMILES string of the molecule is O=[N+]([O-])c1c(NCl)ccnc1N1CCOCC1. The third-order valence-corrected chi connectivity index (χ3v) is 2.70. The summed E-state index contributed by atoms with van der Waals surface area (Å²) in [5.41, 5.74) is 0.137. The molecule has 92 valence electrons. The molecule has 1 aromatic rings. The van der Waals surface area contributed by atoms with Gasteiger partial charge in [0.2, 0.25) is 5.82 Å². The molecule has 8 heteroatoms. The van der Waals surface area contributed by atoms with Gasteiger partial charge in [-0.15, -0.1) is 0 Å². The molecule has 0 saturated carbocycles. The van der Waals surface area contributed by atoms with Crippen LogP contribution in [0.5, 0.6) is 0 Å². The molecule has 0 spiro atoms. The molecule has 0 aromatic carbocycles. The van der Waals surface area contributed by atoms with Crippen LogP contribution in [0.25, 0.3) is 0 Å². The Morgan fingerprint density at radius 3 is 2.82 bits per heavy atom. The van der Waals surface area contributed by atoms with Crippen molar-refractivity contribution in [1.29, 1.82) is 0 Å². The fraction of sp³-hybridized carbons (Fsp3) is 0.444. The summed E-state index contributed by atoms with van der Waals surface area (Å²) in [5.74, 6) is 0.323. The van der Waals surface area contributed by atoms with E-state index in [0.29, 0.717) is 32.1 Å². The average molecular weight is 259 g/mol. The number of rotatable bonds is 3. The van der Waals surface area contributed by atoms with Crippen molar-refractivity contribution in [3.05, 3.63) is 22.4 Å². The molecule has 0 atom stereocenters. The van der Waals surface area contributed by atoms with E-state index >= 15 is 0 Å². The molecular weight excluding hydrogens is 248 g/mol. The van der Waals surface area contributed by atoms with E-state index in [9.17, 15) is 10.1 Å². The minimum absolute atomic E-state index is 0.107. The molecule has 17 heavy (non-hydrogen) atoms. The molecule has 1 saturated heterocycles. The Balaban J connectivity index is 2.40. The number of halogens is 1. The molecule has 2 heterocycles. The highest BCUT2D eigenvalue weighted by molar-refractivity contribution is 6.24. The van der Waals surface area contributed by atoms with Crippen LogP contribution < -0.4 is 9.74 Å². The van der Waals surface area contributed by atoms with E-state index < -0.39 is 4.92 Å². The Morgan fingerprint density at radius 2 is 2.24 bits per heavy atom. The highest BCUT2D eigenvalue weighted by Gasteiger charge is 2.26. The Bertz CT molecular complexity index is 423. The standard InChI is InChI=1S/C9H11ClN4O3/c10-12-7-1-2-11-9(8(7)14(15)16)13-3-5-17-6-4-13/h1-2H,3-6H2,(H,11,12). The summed E-state index contributed by atoms with van der Waals surface area (Å²) in [7, 11) is 0. The zero-order valence-electron chi connectivity index (χ0n) is 8.93. The van der Waals surface area contributed by atoms with Crippen LogP contribution in [-0.4, -0.2) is 36.2 Å². The lowest BCUT2D eigenvalue weighted by atomic mass is 10.3. The number of nitrogens with zero attached hydrogens (tertiary/aromatic N) is 3. The zero-order chi connectivity index (χ0) is 12.3. The van der Waals surface area contributed by atoms with Gasteiger partial charge in [-0.2, -0.15) is 0 Å². The van der Waals surface area contributed by atoms with Crippen molar-refractivity contribution in [3.8, 4) is 0 Å². The summed E-state index contributed by atoms with van der Waals surface area (Å²) >= 11 is 5.46. The van der Waals surface area contributed by atoms with Crippen molar-refractivity contribution in [2.24, 2.45) is 0 Å². The van der Waals surface area contributed by atoms with Crippen LogP contribution in [0, 0.1) is 10.1 Å². The van der Waals surface area contributed by atoms with Gasteiger partial charge in [0, 0.05) is 31.1 Å². The van der Waals surface area contributed by atoms with Crippen LogP contribution in [0.3, 0.4) is 0 Å². The fourth-order valence-corrected chi connectivity index (χ4v) is 1.86. The Labute approximate surface area is 103 Å². The van der Waals surface area contributed by atoms with Crippen molar-refractivity contribution in [3.63, 3.8) is 0 Å². The molecular formula is C9H11ClN4O3. The first-order chi connectivity index (χ1) is 8.24. The van der Waals surface area contributed by atoms with Gasteiger partial charge in [-0.25, -0.2) is 4.98 Å². The molecule has 1 aliphatic heterocycles. The van der Waals surface area contributed by atoms with Gasteiger partial charge in [0.05, 0.1) is 18.1 Å². The normalized spacial score (nSPS) is 15.7. The van der Waals surface area contributed by atoms with E-state index in [2.05, 4.69) is 9.82 Å². The number of hydrogen-bond acceptors (Lipinski definition) is 6. The molecule has 0 amide bonds. The lowest BCUT2D eigenvalue weighted by Crippen LogP contribution is -2.37. The lowest BCUT2D eigenvalue weighted by Gasteiger charge is -2.27. The van der Waals surface area contributed by atoms with E-state index in [-0.39, 0.29) is 11.4 Å². The Hall–Kier alpha value is -1.60. The van der Waals surface area contributed by atoms with Gasteiger partial charge in [0.1, 0.15) is 5.69 Å². The minimum atomic E-state index is -0.484. The quantitative estimate of drug-likeness (QED) is 0.501. The second-order valence-electron chi connectivity index (χ2n) is 3.48. The molecule has 7 nitrogen and oxygen atoms in total. The molecule has 0 aliphatic carbocycles. The Morgan fingerprint density at radius 1 is 1.53 bits per heavy atom. The number of aromatic nitrogens is 1. The van der Waals surface area contributed by atoms with Crippen LogP contribution >= 0.6 is 11.8 Å². The summed E-state index contributed by atoms with van der Waals surface area (Å²) < 4.78 is 5.20. The van der Waals surface area contributed by atoms with E-state index in [1.807, 2.05) is 4.90 Å². The van der Waals surface area contributed by atoms with Crippen molar-refractivity contribution in [2.45, 2.75) is 0 Å². The maximum atomic E-state index is 11.1. The molecule has 0 radical (unpaired) electrons. The predicted octanol–water partition coefficient (Wildman–Crippen LogP) is 1.39. The number of anilines is 2. The highest BCUT2D eigenvalue weighted by atomic mass is 35.5. The number of pyridine rings is 1. The van der Waals surface area contributed by atoms with Crippen molar-refractivity contribution < 1.29 is 9.66 Å². The lowest BCUT2D eigenvalue weighted by molar-refractivity contribution is -0.383. The van der Waals surface area contributed by atoms with Gasteiger partial charge < -0.3 is 9.64 Å². The van der Waals surface area contributed by atoms with Crippen LogP contribution in [0.2, 0.25) is 0 Å². The monoisotopic (exact) mass is 258 g/mol. The minimum Gasteiger partial charge on any atom is -0.378 e. The summed E-state index contributed by atoms with van der Waals surface area (Å²) in [6, 6.07) is 1.47. The number of hydrogen-bond donors (Lipinski definition) is 1. The van der Waals surface area contributed by atoms with Crippen molar-refractivity contribution >= 4 is 29.0 Å². The smallest absolute Gasteiger partial charge is 0.335 e. The van der Waals surface area contributed by atoms with Crippen LogP contribution in [-0.2, 0) is 4.74 Å². The molecule has 0 unspecified atom stereocenters. The molecule has 1 aromatic heterocycles. The first kappa shape index (κ1) is 11.9. The molecule has 0 bridgehead atoms. The van der Waals surface area contributed by atoms with E-state index in [0.717, 1.165) is 0 Å². The number of ether oxygens (including phenoxy) is 1. The highest BCUT2D eigenvalue weighted by Crippen LogP contribution is 2.33. The zero-order valence-corrected chi connectivity index (χ0v) is 9.68. The third-order valence-electron chi connectivity index (χ3n) is 2.50. The Kier molecular flexibility index (Phi) is 3.60. The van der Waals surface area contributed by atoms with Gasteiger partial charge in [0.25, 0.3) is 0 Å². The van der Waals surface area contributed by atoms with Crippen LogP contribution in [0.1, 0.15) is 0 Å².